The number of methoxy groups -OCH3 is 1. The average molecular weight is 223 g/mol. The number of hydrogen-bond acceptors (Lipinski definition) is 4. The summed E-state index contributed by atoms with van der Waals surface area (Å²) in [5, 5.41) is 2.06. The number of esters is 1. The first-order valence-electron chi connectivity index (χ1n) is 4.32. The zero-order chi connectivity index (χ0) is 11.9. The Morgan fingerprint density at radius 3 is 2.69 bits per heavy atom. The van der Waals surface area contributed by atoms with Gasteiger partial charge in [-0.05, 0) is 12.1 Å². The molecule has 0 radical (unpaired) electrons. The lowest BCUT2D eigenvalue weighted by atomic mass is 10.1. The number of anilines is 1. The maximum Gasteiger partial charge on any atom is 0.340 e. The van der Waals surface area contributed by atoms with Crippen molar-refractivity contribution in [1.29, 1.82) is 0 Å². The van der Waals surface area contributed by atoms with Crippen LogP contribution in [-0.4, -0.2) is 24.8 Å². The highest BCUT2D eigenvalue weighted by atomic mass is 19.1. The van der Waals surface area contributed by atoms with Crippen LogP contribution in [0.1, 0.15) is 20.7 Å². The second-order valence-electron chi connectivity index (χ2n) is 3.12. The van der Waals surface area contributed by atoms with Crippen molar-refractivity contribution in [3.63, 3.8) is 0 Å². The lowest BCUT2D eigenvalue weighted by Gasteiger charge is -2.04. The summed E-state index contributed by atoms with van der Waals surface area (Å²) in [6.07, 6.45) is 0. The molecule has 0 aliphatic carbocycles. The van der Waals surface area contributed by atoms with E-state index in [1.807, 2.05) is 0 Å². The Balaban J connectivity index is 2.59. The summed E-state index contributed by atoms with van der Waals surface area (Å²) in [6.45, 7) is 0. The predicted octanol–water partition coefficient (Wildman–Crippen LogP) is 0.747. The summed E-state index contributed by atoms with van der Waals surface area (Å²) in [5.74, 6) is -3.54. The Labute approximate surface area is 89.2 Å². The second kappa shape index (κ2) is 3.41. The Hall–Kier alpha value is -2.24. The van der Waals surface area contributed by atoms with Crippen molar-refractivity contribution in [2.75, 3.05) is 12.4 Å². The minimum absolute atomic E-state index is 0.0739. The maximum atomic E-state index is 13.7. The highest BCUT2D eigenvalue weighted by Gasteiger charge is 2.32. The van der Waals surface area contributed by atoms with Crippen LogP contribution in [0, 0.1) is 5.82 Å². The maximum absolute atomic E-state index is 13.7. The topological polar surface area (TPSA) is 72.5 Å². The molecule has 6 heteroatoms. The molecule has 1 aromatic carbocycles. The summed E-state index contributed by atoms with van der Waals surface area (Å²) in [6, 6.07) is 2.32. The molecule has 0 atom stereocenters. The van der Waals surface area contributed by atoms with Crippen LogP contribution in [-0.2, 0) is 9.53 Å². The van der Waals surface area contributed by atoms with Gasteiger partial charge in [0.15, 0.2) is 5.82 Å². The van der Waals surface area contributed by atoms with E-state index < -0.39 is 23.5 Å². The van der Waals surface area contributed by atoms with Crippen LogP contribution >= 0.6 is 0 Å². The fourth-order valence-corrected chi connectivity index (χ4v) is 1.45. The van der Waals surface area contributed by atoms with Gasteiger partial charge < -0.3 is 10.1 Å². The third-order valence-electron chi connectivity index (χ3n) is 2.24. The first-order valence-corrected chi connectivity index (χ1v) is 4.32. The molecule has 0 spiro atoms. The van der Waals surface area contributed by atoms with Gasteiger partial charge in [-0.15, -0.1) is 0 Å². The van der Waals surface area contributed by atoms with E-state index in [2.05, 4.69) is 10.1 Å². The molecular weight excluding hydrogens is 217 g/mol. The predicted molar refractivity (Wildman–Crippen MR) is 50.7 cm³/mol. The zero-order valence-electron chi connectivity index (χ0n) is 8.17. The third kappa shape index (κ3) is 1.27. The molecule has 1 aliphatic rings. The molecule has 0 bridgehead atoms. The van der Waals surface area contributed by atoms with Gasteiger partial charge in [-0.1, -0.05) is 0 Å². The first-order chi connectivity index (χ1) is 7.56. The van der Waals surface area contributed by atoms with E-state index in [4.69, 9.17) is 0 Å². The van der Waals surface area contributed by atoms with Crippen molar-refractivity contribution in [2.24, 2.45) is 0 Å². The van der Waals surface area contributed by atoms with Gasteiger partial charge in [0, 0.05) is 0 Å². The summed E-state index contributed by atoms with van der Waals surface area (Å²) in [5.41, 5.74) is -0.663. The van der Waals surface area contributed by atoms with Crippen molar-refractivity contribution in [1.82, 2.24) is 0 Å². The molecule has 0 unspecified atom stereocenters. The van der Waals surface area contributed by atoms with Gasteiger partial charge >= 0.3 is 5.97 Å². The van der Waals surface area contributed by atoms with Gasteiger partial charge in [-0.25, -0.2) is 9.18 Å². The number of fused-ring (bicyclic) bond motifs is 1. The lowest BCUT2D eigenvalue weighted by Crippen LogP contribution is -2.12. The summed E-state index contributed by atoms with van der Waals surface area (Å²) < 4.78 is 18.0. The molecule has 0 saturated heterocycles. The number of hydrogen-bond donors (Lipinski definition) is 1. The van der Waals surface area contributed by atoms with Gasteiger partial charge in [-0.2, -0.15) is 0 Å². The number of carbonyl (C=O) groups excluding carboxylic acids is 3. The molecule has 5 nitrogen and oxygen atoms in total. The average Bonchev–Trinajstić information content (AvgIpc) is 2.57. The van der Waals surface area contributed by atoms with Crippen LogP contribution in [0.5, 0.6) is 0 Å². The molecule has 1 heterocycles. The van der Waals surface area contributed by atoms with E-state index in [1.54, 1.807) is 0 Å². The van der Waals surface area contributed by atoms with Gasteiger partial charge in [0.2, 0.25) is 0 Å². The lowest BCUT2D eigenvalue weighted by molar-refractivity contribution is -0.112. The van der Waals surface area contributed by atoms with E-state index in [0.717, 1.165) is 13.2 Å². The molecule has 0 saturated carbocycles. The Bertz CT molecular complexity index is 524. The van der Waals surface area contributed by atoms with Crippen LogP contribution in [0.3, 0.4) is 0 Å². The van der Waals surface area contributed by atoms with E-state index >= 15 is 0 Å². The quantitative estimate of drug-likeness (QED) is 0.563. The minimum Gasteiger partial charge on any atom is -0.465 e. The second-order valence-corrected chi connectivity index (χ2v) is 3.12. The summed E-state index contributed by atoms with van der Waals surface area (Å²) in [7, 11) is 1.11. The van der Waals surface area contributed by atoms with Crippen molar-refractivity contribution in [3.8, 4) is 0 Å². The van der Waals surface area contributed by atoms with Gasteiger partial charge in [0.05, 0.1) is 23.9 Å². The Morgan fingerprint density at radius 1 is 1.38 bits per heavy atom. The Morgan fingerprint density at radius 2 is 2.06 bits per heavy atom. The van der Waals surface area contributed by atoms with Gasteiger partial charge in [0.25, 0.3) is 11.7 Å². The number of amides is 1. The summed E-state index contributed by atoms with van der Waals surface area (Å²) in [4.78, 5) is 33.3. The number of ketones is 1. The van der Waals surface area contributed by atoms with Crippen molar-refractivity contribution < 1.29 is 23.5 Å². The molecular formula is C10H6FNO4. The fraction of sp³-hybridized carbons (Fsp3) is 0.100. The number of nitrogens with one attached hydrogen (secondary N) is 1. The standard InChI is InChI=1S/C10H6FNO4/c1-16-10(15)4-2-3-5-7(6(4)11)12-9(14)8(5)13/h2-3H,1H3,(H,12,13,14). The number of halogens is 1. The SMILES string of the molecule is COC(=O)c1ccc2c(c1F)NC(=O)C2=O. The normalized spacial score (nSPS) is 13.4. The molecule has 1 aliphatic heterocycles. The van der Waals surface area contributed by atoms with Crippen LogP contribution in [0.4, 0.5) is 10.1 Å². The van der Waals surface area contributed by atoms with Crippen molar-refractivity contribution in [3.05, 3.63) is 29.1 Å². The molecule has 1 amide bonds. The highest BCUT2D eigenvalue weighted by molar-refractivity contribution is 6.51. The van der Waals surface area contributed by atoms with E-state index in [-0.39, 0.29) is 16.8 Å². The zero-order valence-corrected chi connectivity index (χ0v) is 8.17. The molecule has 1 aromatic rings. The van der Waals surface area contributed by atoms with Crippen LogP contribution < -0.4 is 5.32 Å². The number of Topliss-reactive ketones (excluding diaryl/α,β-unsaturated/α-hetero) is 1. The number of carbonyl (C=O) groups is 3. The molecule has 0 fully saturated rings. The number of ether oxygens (including phenoxy) is 1. The van der Waals surface area contributed by atoms with E-state index in [0.29, 0.717) is 0 Å². The largest absolute Gasteiger partial charge is 0.465 e. The molecule has 16 heavy (non-hydrogen) atoms. The molecule has 2 rings (SSSR count). The number of benzene rings is 1. The fourth-order valence-electron chi connectivity index (χ4n) is 1.45. The van der Waals surface area contributed by atoms with Crippen molar-refractivity contribution in [2.45, 2.75) is 0 Å². The molecule has 0 aromatic heterocycles. The Kier molecular flexibility index (Phi) is 2.19. The molecule has 1 N–H and O–H groups in total. The highest BCUT2D eigenvalue weighted by Crippen LogP contribution is 2.28. The van der Waals surface area contributed by atoms with E-state index in [1.165, 1.54) is 6.07 Å². The first kappa shape index (κ1) is 10.3. The van der Waals surface area contributed by atoms with Crippen LogP contribution in [0.25, 0.3) is 0 Å². The van der Waals surface area contributed by atoms with Crippen LogP contribution in [0.2, 0.25) is 0 Å². The number of rotatable bonds is 1. The van der Waals surface area contributed by atoms with Gasteiger partial charge in [-0.3, -0.25) is 9.59 Å². The van der Waals surface area contributed by atoms with E-state index in [9.17, 15) is 18.8 Å². The monoisotopic (exact) mass is 223 g/mol. The third-order valence-corrected chi connectivity index (χ3v) is 2.24. The van der Waals surface area contributed by atoms with Crippen molar-refractivity contribution >= 4 is 23.3 Å². The summed E-state index contributed by atoms with van der Waals surface area (Å²) >= 11 is 0. The van der Waals surface area contributed by atoms with Crippen LogP contribution in [0.15, 0.2) is 12.1 Å². The van der Waals surface area contributed by atoms with Gasteiger partial charge in [0.1, 0.15) is 0 Å². The smallest absolute Gasteiger partial charge is 0.340 e. The molecule has 82 valence electrons. The minimum atomic E-state index is -0.955.